The van der Waals surface area contributed by atoms with E-state index in [-0.39, 0.29) is 29.4 Å². The maximum Gasteiger partial charge on any atom is 0.273 e. The third-order valence-electron chi connectivity index (χ3n) is 5.30. The molecule has 2 aromatic carbocycles. The van der Waals surface area contributed by atoms with E-state index in [0.29, 0.717) is 17.7 Å². The van der Waals surface area contributed by atoms with Crippen molar-refractivity contribution >= 4 is 40.6 Å². The van der Waals surface area contributed by atoms with Crippen LogP contribution in [0.25, 0.3) is 0 Å². The van der Waals surface area contributed by atoms with Gasteiger partial charge in [0.15, 0.2) is 5.69 Å². The zero-order valence-electron chi connectivity index (χ0n) is 19.3. The maximum atomic E-state index is 14.0. The third kappa shape index (κ3) is 5.64. The van der Waals surface area contributed by atoms with E-state index in [1.54, 1.807) is 12.1 Å². The van der Waals surface area contributed by atoms with Gasteiger partial charge in [-0.15, -0.1) is 0 Å². The molecule has 0 fully saturated rings. The van der Waals surface area contributed by atoms with Crippen LogP contribution in [0.4, 0.5) is 15.8 Å². The second-order valence-corrected chi connectivity index (χ2v) is 8.31. The van der Waals surface area contributed by atoms with Gasteiger partial charge in [-0.1, -0.05) is 37.3 Å². The summed E-state index contributed by atoms with van der Waals surface area (Å²) >= 11 is 0.719. The Kier molecular flexibility index (Phi) is 8.50. The first-order valence-corrected chi connectivity index (χ1v) is 11.6. The van der Waals surface area contributed by atoms with Crippen molar-refractivity contribution in [3.63, 3.8) is 0 Å². The van der Waals surface area contributed by atoms with Crippen molar-refractivity contribution in [3.8, 4) is 0 Å². The molecule has 11 heteroatoms. The first-order valence-electron chi connectivity index (χ1n) is 10.8. The van der Waals surface area contributed by atoms with E-state index in [1.807, 2.05) is 19.1 Å². The number of nitrogens with one attached hydrogen (secondary N) is 1. The van der Waals surface area contributed by atoms with E-state index in [4.69, 9.17) is 16.2 Å². The van der Waals surface area contributed by atoms with Crippen molar-refractivity contribution < 1.29 is 23.5 Å². The van der Waals surface area contributed by atoms with Gasteiger partial charge in [0.25, 0.3) is 11.8 Å². The van der Waals surface area contributed by atoms with Gasteiger partial charge >= 0.3 is 0 Å². The number of rotatable bonds is 10. The van der Waals surface area contributed by atoms with Crippen LogP contribution in [0.3, 0.4) is 0 Å². The Morgan fingerprint density at radius 3 is 2.46 bits per heavy atom. The lowest BCUT2D eigenvalue weighted by atomic mass is 10.0. The predicted octanol–water partition coefficient (Wildman–Crippen LogP) is 2.68. The Balaban J connectivity index is 2.22. The molecule has 0 bridgehead atoms. The summed E-state index contributed by atoms with van der Waals surface area (Å²) in [6.45, 7) is 2.36. The summed E-state index contributed by atoms with van der Waals surface area (Å²) in [5.74, 6) is -2.52. The van der Waals surface area contributed by atoms with Crippen LogP contribution in [0.5, 0.6) is 0 Å². The predicted molar refractivity (Wildman–Crippen MR) is 132 cm³/mol. The fraction of sp³-hybridized carbons (Fsp3) is 0.250. The molecule has 3 aromatic rings. The first-order chi connectivity index (χ1) is 16.8. The van der Waals surface area contributed by atoms with E-state index in [0.717, 1.165) is 17.1 Å². The largest absolute Gasteiger partial charge is 0.395 e. The number of para-hydroxylation sites is 1. The van der Waals surface area contributed by atoms with Crippen LogP contribution in [0.1, 0.15) is 44.3 Å². The number of benzene rings is 2. The Labute approximate surface area is 206 Å². The minimum atomic E-state index is -1.19. The van der Waals surface area contributed by atoms with Crippen LogP contribution in [0.2, 0.25) is 0 Å². The van der Waals surface area contributed by atoms with Crippen molar-refractivity contribution in [2.24, 2.45) is 5.73 Å². The summed E-state index contributed by atoms with van der Waals surface area (Å²) in [7, 11) is 1.50. The molecule has 35 heavy (non-hydrogen) atoms. The molecule has 3 amide bonds. The van der Waals surface area contributed by atoms with Gasteiger partial charge in [-0.05, 0) is 47.3 Å². The fourth-order valence-electron chi connectivity index (χ4n) is 3.58. The number of nitrogens with zero attached hydrogens (tertiary/aromatic N) is 2. The number of anilines is 2. The Morgan fingerprint density at radius 1 is 1.17 bits per heavy atom. The van der Waals surface area contributed by atoms with Crippen LogP contribution in [0.15, 0.2) is 48.5 Å². The molecule has 9 nitrogen and oxygen atoms in total. The van der Waals surface area contributed by atoms with Gasteiger partial charge in [0, 0.05) is 19.3 Å². The number of aryl methyl sites for hydroxylation is 1. The second-order valence-electron chi connectivity index (χ2n) is 7.53. The topological polar surface area (TPSA) is 141 Å². The Bertz CT molecular complexity index is 1210. The number of nitrogen functional groups attached to an aromatic ring is 1. The Morgan fingerprint density at radius 2 is 1.86 bits per heavy atom. The molecule has 0 saturated carbocycles. The number of carbonyl (C=O) groups excluding carboxylic acids is 3. The van der Waals surface area contributed by atoms with Crippen molar-refractivity contribution in [3.05, 3.63) is 76.0 Å². The second kappa shape index (κ2) is 11.5. The van der Waals surface area contributed by atoms with E-state index in [2.05, 4.69) is 9.69 Å². The molecule has 1 heterocycles. The molecule has 0 radical (unpaired) electrons. The first kappa shape index (κ1) is 25.8. The lowest BCUT2D eigenvalue weighted by molar-refractivity contribution is -0.122. The summed E-state index contributed by atoms with van der Waals surface area (Å²) in [6, 6.07) is 11.2. The molecular formula is C24H26FN5O4S. The van der Waals surface area contributed by atoms with E-state index in [1.165, 1.54) is 36.3 Å². The number of carbonyl (C=O) groups is 3. The number of halogens is 1. The third-order valence-corrected chi connectivity index (χ3v) is 6.16. The van der Waals surface area contributed by atoms with E-state index < -0.39 is 29.6 Å². The fourth-order valence-corrected chi connectivity index (χ4v) is 4.33. The summed E-state index contributed by atoms with van der Waals surface area (Å²) in [5, 5.41) is 2.76. The number of nitrogens with two attached hydrogens (primary N) is 2. The molecule has 0 saturated heterocycles. The number of ether oxygens (including phenoxy) is 1. The monoisotopic (exact) mass is 499 g/mol. The average molecular weight is 500 g/mol. The molecule has 1 atom stereocenters. The maximum absolute atomic E-state index is 14.0. The highest BCUT2D eigenvalue weighted by atomic mass is 32.1. The summed E-state index contributed by atoms with van der Waals surface area (Å²) < 4.78 is 22.7. The SMILES string of the molecule is CCc1ccccc1N(C(=O)c1snc(C(N)=O)c1N)[C@@H](C(=O)NCCOC)c1ccc(F)cc1. The van der Waals surface area contributed by atoms with Crippen LogP contribution in [-0.2, 0) is 16.0 Å². The standard InChI is InChI=1S/C24H26FN5O4S/c1-3-14-6-4-5-7-17(14)30(24(33)21-18(26)19(22(27)31)29-35-21)20(23(32)28-12-13-34-2)15-8-10-16(25)11-9-15/h4-11,20H,3,12-13,26H2,1-2H3,(H2,27,31)(H,28,32)/t20-/m1/s1. The summed E-state index contributed by atoms with van der Waals surface area (Å²) in [4.78, 5) is 40.4. The van der Waals surface area contributed by atoms with Gasteiger partial charge in [0.05, 0.1) is 12.3 Å². The number of hydrogen-bond donors (Lipinski definition) is 3. The number of methoxy groups -OCH3 is 1. The lowest BCUT2D eigenvalue weighted by Gasteiger charge is -2.32. The van der Waals surface area contributed by atoms with Gasteiger partial charge in [-0.25, -0.2) is 4.39 Å². The summed E-state index contributed by atoms with van der Waals surface area (Å²) in [5.41, 5.74) is 12.6. The molecule has 3 rings (SSSR count). The highest BCUT2D eigenvalue weighted by Gasteiger charge is 2.36. The number of hydrogen-bond acceptors (Lipinski definition) is 7. The minimum absolute atomic E-state index is 0.0403. The molecule has 0 unspecified atom stereocenters. The highest BCUT2D eigenvalue weighted by Crippen LogP contribution is 2.35. The van der Waals surface area contributed by atoms with Crippen LogP contribution in [-0.4, -0.2) is 42.4 Å². The minimum Gasteiger partial charge on any atom is -0.395 e. The summed E-state index contributed by atoms with van der Waals surface area (Å²) in [6.07, 6.45) is 0.562. The molecular weight excluding hydrogens is 473 g/mol. The quantitative estimate of drug-likeness (QED) is 0.366. The molecule has 0 aliphatic rings. The van der Waals surface area contributed by atoms with Crippen LogP contribution >= 0.6 is 11.5 Å². The van der Waals surface area contributed by atoms with Gasteiger partial charge in [0.1, 0.15) is 16.7 Å². The van der Waals surface area contributed by atoms with E-state index >= 15 is 0 Å². The van der Waals surface area contributed by atoms with Gasteiger partial charge in [-0.2, -0.15) is 4.37 Å². The lowest BCUT2D eigenvalue weighted by Crippen LogP contribution is -2.45. The van der Waals surface area contributed by atoms with Gasteiger partial charge in [0.2, 0.25) is 5.91 Å². The molecule has 0 aliphatic carbocycles. The number of primary amides is 1. The van der Waals surface area contributed by atoms with Gasteiger partial charge < -0.3 is 21.5 Å². The molecule has 5 N–H and O–H groups in total. The zero-order valence-corrected chi connectivity index (χ0v) is 20.1. The number of aromatic nitrogens is 1. The Hall–Kier alpha value is -3.83. The van der Waals surface area contributed by atoms with Crippen molar-refractivity contribution in [1.82, 2.24) is 9.69 Å². The average Bonchev–Trinajstić information content (AvgIpc) is 3.24. The molecule has 1 aromatic heterocycles. The normalized spacial score (nSPS) is 11.6. The highest BCUT2D eigenvalue weighted by molar-refractivity contribution is 7.09. The van der Waals surface area contributed by atoms with Gasteiger partial charge in [-0.3, -0.25) is 19.3 Å². The van der Waals surface area contributed by atoms with Crippen molar-refractivity contribution in [2.45, 2.75) is 19.4 Å². The molecule has 0 aliphatic heterocycles. The smallest absolute Gasteiger partial charge is 0.273 e. The zero-order chi connectivity index (χ0) is 25.5. The number of amides is 3. The molecule has 184 valence electrons. The van der Waals surface area contributed by atoms with Crippen LogP contribution in [0, 0.1) is 5.82 Å². The van der Waals surface area contributed by atoms with Crippen molar-refractivity contribution in [1.29, 1.82) is 0 Å². The van der Waals surface area contributed by atoms with Crippen LogP contribution < -0.4 is 21.7 Å². The molecule has 0 spiro atoms. The van der Waals surface area contributed by atoms with Crippen molar-refractivity contribution in [2.75, 3.05) is 30.9 Å². The van der Waals surface area contributed by atoms with E-state index in [9.17, 15) is 18.8 Å².